The van der Waals surface area contributed by atoms with Crippen LogP contribution in [0.5, 0.6) is 0 Å². The number of nitrogens with two attached hydrogens (primary N) is 1. The average Bonchev–Trinajstić information content (AvgIpc) is 2.54. The number of rotatable bonds is 4. The summed E-state index contributed by atoms with van der Waals surface area (Å²) >= 11 is 4.44. The van der Waals surface area contributed by atoms with Gasteiger partial charge in [0, 0.05) is 19.5 Å². The molecule has 0 aliphatic carbocycles. The lowest BCUT2D eigenvalue weighted by Gasteiger charge is -2.25. The van der Waals surface area contributed by atoms with Gasteiger partial charge in [-0.25, -0.2) is 0 Å². The smallest absolute Gasteiger partial charge is 0.393 e. The molecule has 1 rings (SSSR count). The third-order valence-electron chi connectivity index (χ3n) is 3.33. The minimum atomic E-state index is -4.50. The second-order valence-corrected chi connectivity index (χ2v) is 5.47. The summed E-state index contributed by atoms with van der Waals surface area (Å²) < 4.78 is 38.1. The number of thiocarbonyl (C=S) groups is 1. The highest BCUT2D eigenvalue weighted by molar-refractivity contribution is 7.80. The molecule has 3 nitrogen and oxygen atoms in total. The monoisotopic (exact) mass is 282 g/mol. The van der Waals surface area contributed by atoms with Crippen LogP contribution in [0.25, 0.3) is 0 Å². The fourth-order valence-electron chi connectivity index (χ4n) is 2.00. The van der Waals surface area contributed by atoms with Crippen LogP contribution in [-0.4, -0.2) is 35.1 Å². The van der Waals surface area contributed by atoms with Crippen LogP contribution in [0.3, 0.4) is 0 Å². The van der Waals surface area contributed by atoms with Crippen LogP contribution >= 0.6 is 12.2 Å². The summed E-state index contributed by atoms with van der Waals surface area (Å²) in [7, 11) is 0. The van der Waals surface area contributed by atoms with Gasteiger partial charge in [-0.05, 0) is 11.8 Å². The van der Waals surface area contributed by atoms with Crippen molar-refractivity contribution >= 4 is 23.1 Å². The second kappa shape index (κ2) is 5.42. The van der Waals surface area contributed by atoms with E-state index < -0.39 is 23.6 Å². The fourth-order valence-corrected chi connectivity index (χ4v) is 2.21. The zero-order valence-electron chi connectivity index (χ0n) is 10.3. The summed E-state index contributed by atoms with van der Waals surface area (Å²) in [6, 6.07) is 0. The molecule has 0 aromatic rings. The number of nitrogens with zero attached hydrogens (tertiary/aromatic N) is 1. The van der Waals surface area contributed by atoms with E-state index in [0.717, 1.165) is 0 Å². The molecule has 0 aromatic heterocycles. The van der Waals surface area contributed by atoms with E-state index in [2.05, 4.69) is 12.2 Å². The van der Waals surface area contributed by atoms with Crippen molar-refractivity contribution < 1.29 is 18.0 Å². The Morgan fingerprint density at radius 3 is 2.44 bits per heavy atom. The van der Waals surface area contributed by atoms with Gasteiger partial charge in [-0.1, -0.05) is 26.1 Å². The van der Waals surface area contributed by atoms with Gasteiger partial charge in [-0.3, -0.25) is 4.79 Å². The van der Waals surface area contributed by atoms with Crippen molar-refractivity contribution in [3.8, 4) is 0 Å². The highest BCUT2D eigenvalue weighted by Gasteiger charge is 2.44. The minimum absolute atomic E-state index is 0.109. The van der Waals surface area contributed by atoms with Crippen molar-refractivity contribution in [2.45, 2.75) is 26.4 Å². The molecule has 104 valence electrons. The van der Waals surface area contributed by atoms with Gasteiger partial charge in [-0.2, -0.15) is 13.2 Å². The van der Waals surface area contributed by atoms with E-state index in [9.17, 15) is 18.0 Å². The maximum absolute atomic E-state index is 12.7. The number of carbonyl (C=O) groups excluding carboxylic acids is 1. The Morgan fingerprint density at radius 2 is 2.11 bits per heavy atom. The van der Waals surface area contributed by atoms with Crippen molar-refractivity contribution in [1.82, 2.24) is 4.90 Å². The first-order chi connectivity index (χ1) is 8.12. The molecule has 1 heterocycles. The summed E-state index contributed by atoms with van der Waals surface area (Å²) in [6.45, 7) is 3.80. The molecular formula is C11H17F3N2OS. The van der Waals surface area contributed by atoms with Crippen LogP contribution in [0.1, 0.15) is 20.3 Å². The molecule has 7 heteroatoms. The third-order valence-corrected chi connectivity index (χ3v) is 3.61. The molecular weight excluding hydrogens is 265 g/mol. The first-order valence-corrected chi connectivity index (χ1v) is 6.17. The number of carbonyl (C=O) groups is 1. The number of halogens is 3. The van der Waals surface area contributed by atoms with E-state index >= 15 is 0 Å². The van der Waals surface area contributed by atoms with E-state index in [1.165, 1.54) is 4.90 Å². The number of hydrogen-bond acceptors (Lipinski definition) is 2. The summed E-state index contributed by atoms with van der Waals surface area (Å²) in [6.07, 6.45) is -4.19. The van der Waals surface area contributed by atoms with Crippen molar-refractivity contribution in [1.29, 1.82) is 0 Å². The molecule has 0 aromatic carbocycles. The Balaban J connectivity index is 2.72. The first kappa shape index (κ1) is 15.2. The van der Waals surface area contributed by atoms with Gasteiger partial charge in [0.2, 0.25) is 5.91 Å². The Morgan fingerprint density at radius 1 is 1.56 bits per heavy atom. The molecule has 2 unspecified atom stereocenters. The molecule has 1 aliphatic rings. The van der Waals surface area contributed by atoms with E-state index in [4.69, 9.17) is 5.73 Å². The van der Waals surface area contributed by atoms with Gasteiger partial charge >= 0.3 is 6.18 Å². The molecule has 2 N–H and O–H groups in total. The predicted molar refractivity (Wildman–Crippen MR) is 65.9 cm³/mol. The molecule has 0 spiro atoms. The lowest BCUT2D eigenvalue weighted by molar-refractivity contribution is -0.161. The average molecular weight is 282 g/mol. The lowest BCUT2D eigenvalue weighted by atomic mass is 9.95. The van der Waals surface area contributed by atoms with Gasteiger partial charge in [-0.15, -0.1) is 0 Å². The molecule has 0 radical (unpaired) electrons. The fraction of sp³-hybridized carbons (Fsp3) is 0.818. The van der Waals surface area contributed by atoms with Crippen LogP contribution in [0.15, 0.2) is 0 Å². The van der Waals surface area contributed by atoms with E-state index in [1.807, 2.05) is 13.8 Å². The van der Waals surface area contributed by atoms with Gasteiger partial charge in [0.15, 0.2) is 0 Å². The minimum Gasteiger partial charge on any atom is -0.393 e. The van der Waals surface area contributed by atoms with Gasteiger partial charge in [0.25, 0.3) is 0 Å². The van der Waals surface area contributed by atoms with Crippen LogP contribution in [0.2, 0.25) is 0 Å². The van der Waals surface area contributed by atoms with E-state index in [0.29, 0.717) is 13.0 Å². The molecule has 2 atom stereocenters. The van der Waals surface area contributed by atoms with Crippen molar-refractivity contribution in [3.05, 3.63) is 0 Å². The number of amides is 1. The Labute approximate surface area is 109 Å². The molecule has 1 amide bonds. The number of hydrogen-bond donors (Lipinski definition) is 1. The molecule has 1 aliphatic heterocycles. The topological polar surface area (TPSA) is 46.3 Å². The number of alkyl halides is 3. The van der Waals surface area contributed by atoms with E-state index in [1.54, 1.807) is 0 Å². The lowest BCUT2D eigenvalue weighted by Crippen LogP contribution is -2.44. The highest BCUT2D eigenvalue weighted by atomic mass is 32.1. The van der Waals surface area contributed by atoms with Gasteiger partial charge in [0.05, 0.1) is 4.99 Å². The van der Waals surface area contributed by atoms with Crippen molar-refractivity contribution in [2.75, 3.05) is 13.1 Å². The summed E-state index contributed by atoms with van der Waals surface area (Å²) in [4.78, 5) is 12.3. The summed E-state index contributed by atoms with van der Waals surface area (Å²) in [5.41, 5.74) is 5.11. The third kappa shape index (κ3) is 3.57. The van der Waals surface area contributed by atoms with Crippen LogP contribution < -0.4 is 5.73 Å². The predicted octanol–water partition coefficient (Wildman–Crippen LogP) is 1.96. The van der Waals surface area contributed by atoms with Crippen LogP contribution in [0, 0.1) is 17.8 Å². The summed E-state index contributed by atoms with van der Waals surface area (Å²) in [5, 5.41) is 0. The van der Waals surface area contributed by atoms with Crippen molar-refractivity contribution in [3.63, 3.8) is 0 Å². The maximum Gasteiger partial charge on any atom is 0.399 e. The Hall–Kier alpha value is -0.850. The normalized spacial score (nSPS) is 22.7. The van der Waals surface area contributed by atoms with Gasteiger partial charge in [0.1, 0.15) is 5.92 Å². The van der Waals surface area contributed by atoms with Crippen LogP contribution in [0.4, 0.5) is 13.2 Å². The number of likely N-dealkylation sites (tertiary alicyclic amines) is 1. The first-order valence-electron chi connectivity index (χ1n) is 5.76. The zero-order chi connectivity index (χ0) is 14.1. The standard InChI is InChI=1S/C11H17F3N2OS/c1-6(2)7-3-9(17)16(4-7)5-8(10(15)18)11(12,13)14/h6-8H,3-5H2,1-2H3,(H2,15,18). The second-order valence-electron chi connectivity index (χ2n) is 5.00. The Kier molecular flexibility index (Phi) is 4.58. The molecule has 0 bridgehead atoms. The van der Waals surface area contributed by atoms with Gasteiger partial charge < -0.3 is 10.6 Å². The maximum atomic E-state index is 12.7. The quantitative estimate of drug-likeness (QED) is 0.802. The summed E-state index contributed by atoms with van der Waals surface area (Å²) in [5.74, 6) is -1.78. The molecule has 0 saturated carbocycles. The van der Waals surface area contributed by atoms with Crippen molar-refractivity contribution in [2.24, 2.45) is 23.5 Å². The highest BCUT2D eigenvalue weighted by Crippen LogP contribution is 2.31. The molecule has 1 saturated heterocycles. The molecule has 18 heavy (non-hydrogen) atoms. The SMILES string of the molecule is CC(C)C1CC(=O)N(CC(C(N)=S)C(F)(F)F)C1. The largest absolute Gasteiger partial charge is 0.399 e. The Bertz CT molecular complexity index is 344. The van der Waals surface area contributed by atoms with Crippen LogP contribution in [-0.2, 0) is 4.79 Å². The van der Waals surface area contributed by atoms with E-state index in [-0.39, 0.29) is 17.7 Å². The molecule has 1 fully saturated rings. The zero-order valence-corrected chi connectivity index (χ0v) is 11.1.